The number of aromatic nitrogens is 1. The minimum absolute atomic E-state index is 0.140. The molecule has 5 heteroatoms. The summed E-state index contributed by atoms with van der Waals surface area (Å²) in [6.45, 7) is 3.69. The SMILES string of the molecule is CC(N)=Cc1ncc(C(=O)N2C[C@H]3CCC[C@H]3C2)s1. The van der Waals surface area contributed by atoms with E-state index in [0.717, 1.165) is 34.8 Å². The van der Waals surface area contributed by atoms with Crippen LogP contribution in [0.3, 0.4) is 0 Å². The van der Waals surface area contributed by atoms with Crippen molar-refractivity contribution in [2.24, 2.45) is 17.6 Å². The third kappa shape index (κ3) is 2.52. The summed E-state index contributed by atoms with van der Waals surface area (Å²) in [6.07, 6.45) is 7.40. The van der Waals surface area contributed by atoms with Gasteiger partial charge in [-0.2, -0.15) is 0 Å². The minimum Gasteiger partial charge on any atom is -0.402 e. The first kappa shape index (κ1) is 12.7. The number of hydrogen-bond acceptors (Lipinski definition) is 4. The lowest BCUT2D eigenvalue weighted by Crippen LogP contribution is -2.28. The summed E-state index contributed by atoms with van der Waals surface area (Å²) >= 11 is 1.43. The van der Waals surface area contributed by atoms with E-state index < -0.39 is 0 Å². The summed E-state index contributed by atoms with van der Waals surface area (Å²) in [5.41, 5.74) is 6.34. The zero-order valence-corrected chi connectivity index (χ0v) is 11.9. The Balaban J connectivity index is 1.71. The van der Waals surface area contributed by atoms with Gasteiger partial charge in [0.05, 0.1) is 6.20 Å². The van der Waals surface area contributed by atoms with Crippen LogP contribution in [0.4, 0.5) is 0 Å². The van der Waals surface area contributed by atoms with Gasteiger partial charge in [-0.1, -0.05) is 6.42 Å². The Morgan fingerprint density at radius 3 is 2.79 bits per heavy atom. The lowest BCUT2D eigenvalue weighted by molar-refractivity contribution is 0.0785. The van der Waals surface area contributed by atoms with Gasteiger partial charge in [0.1, 0.15) is 9.88 Å². The maximum absolute atomic E-state index is 12.4. The predicted octanol–water partition coefficient (Wildman–Crippen LogP) is 2.33. The molecular weight excluding hydrogens is 258 g/mol. The molecule has 2 fully saturated rings. The number of carbonyl (C=O) groups is 1. The Labute approximate surface area is 117 Å². The standard InChI is InChI=1S/C14H19N3OS/c1-9(15)5-13-16-6-12(19-13)14(18)17-7-10-3-2-4-11(10)8-17/h5-6,10-11H,2-4,7-8,15H2,1H3/t10-,11+. The molecule has 19 heavy (non-hydrogen) atoms. The third-order valence-corrected chi connectivity index (χ3v) is 5.03. The molecule has 2 N–H and O–H groups in total. The highest BCUT2D eigenvalue weighted by Gasteiger charge is 2.38. The highest BCUT2D eigenvalue weighted by Crippen LogP contribution is 2.38. The van der Waals surface area contributed by atoms with Crippen molar-refractivity contribution in [1.29, 1.82) is 0 Å². The van der Waals surface area contributed by atoms with Crippen molar-refractivity contribution in [2.45, 2.75) is 26.2 Å². The van der Waals surface area contributed by atoms with E-state index in [1.54, 1.807) is 12.3 Å². The number of rotatable bonds is 2. The average molecular weight is 277 g/mol. The second kappa shape index (κ2) is 4.96. The van der Waals surface area contributed by atoms with Crippen molar-refractivity contribution < 1.29 is 4.79 Å². The molecule has 2 heterocycles. The highest BCUT2D eigenvalue weighted by molar-refractivity contribution is 7.14. The first-order valence-corrected chi connectivity index (χ1v) is 7.64. The number of likely N-dealkylation sites (tertiary alicyclic amines) is 1. The number of carbonyl (C=O) groups excluding carboxylic acids is 1. The molecule has 2 atom stereocenters. The van der Waals surface area contributed by atoms with Gasteiger partial charge in [-0.3, -0.25) is 4.79 Å². The zero-order chi connectivity index (χ0) is 13.4. The molecule has 1 saturated heterocycles. The van der Waals surface area contributed by atoms with Gasteiger partial charge in [-0.25, -0.2) is 4.98 Å². The van der Waals surface area contributed by atoms with Crippen molar-refractivity contribution in [2.75, 3.05) is 13.1 Å². The van der Waals surface area contributed by atoms with Crippen LogP contribution < -0.4 is 5.73 Å². The van der Waals surface area contributed by atoms with Crippen molar-refractivity contribution in [3.63, 3.8) is 0 Å². The molecule has 0 unspecified atom stereocenters. The van der Waals surface area contributed by atoms with Gasteiger partial charge >= 0.3 is 0 Å². The Hall–Kier alpha value is -1.36. The van der Waals surface area contributed by atoms with Gasteiger partial charge in [-0.15, -0.1) is 11.3 Å². The van der Waals surface area contributed by atoms with Crippen molar-refractivity contribution in [1.82, 2.24) is 9.88 Å². The minimum atomic E-state index is 0.140. The Bertz CT molecular complexity index is 507. The first-order valence-electron chi connectivity index (χ1n) is 6.82. The van der Waals surface area contributed by atoms with Gasteiger partial charge in [-0.05, 0) is 37.7 Å². The summed E-state index contributed by atoms with van der Waals surface area (Å²) in [5.74, 6) is 1.62. The molecule has 3 rings (SSSR count). The van der Waals surface area contributed by atoms with E-state index in [9.17, 15) is 4.79 Å². The molecule has 0 radical (unpaired) electrons. The van der Waals surface area contributed by atoms with E-state index in [-0.39, 0.29) is 5.91 Å². The number of fused-ring (bicyclic) bond motifs is 1. The molecule has 1 aliphatic carbocycles. The lowest BCUT2D eigenvalue weighted by atomic mass is 10.0. The maximum atomic E-state index is 12.4. The summed E-state index contributed by atoms with van der Waals surface area (Å²) in [6, 6.07) is 0. The largest absolute Gasteiger partial charge is 0.402 e. The van der Waals surface area contributed by atoms with Crippen LogP contribution in [0.1, 0.15) is 40.9 Å². The van der Waals surface area contributed by atoms with Gasteiger partial charge in [0.15, 0.2) is 0 Å². The van der Waals surface area contributed by atoms with Crippen LogP contribution in [0.5, 0.6) is 0 Å². The second-order valence-corrected chi connectivity index (χ2v) is 6.67. The molecule has 1 aromatic rings. The average Bonchev–Trinajstić information content (AvgIpc) is 2.99. The Morgan fingerprint density at radius 2 is 2.16 bits per heavy atom. The van der Waals surface area contributed by atoms with Crippen LogP contribution in [0.2, 0.25) is 0 Å². The number of nitrogens with two attached hydrogens (primary N) is 1. The molecule has 102 valence electrons. The summed E-state index contributed by atoms with van der Waals surface area (Å²) in [4.78, 5) is 19.4. The molecule has 0 aromatic carbocycles. The number of nitrogens with zero attached hydrogens (tertiary/aromatic N) is 2. The molecular formula is C14H19N3OS. The second-order valence-electron chi connectivity index (χ2n) is 5.61. The van der Waals surface area contributed by atoms with Crippen LogP contribution in [-0.2, 0) is 0 Å². The van der Waals surface area contributed by atoms with Gasteiger partial charge < -0.3 is 10.6 Å². The third-order valence-electron chi connectivity index (χ3n) is 4.10. The number of thiazole rings is 1. The normalized spacial score (nSPS) is 26.8. The lowest BCUT2D eigenvalue weighted by Gasteiger charge is -2.15. The van der Waals surface area contributed by atoms with E-state index in [1.165, 1.54) is 30.6 Å². The molecule has 1 aliphatic heterocycles. The van der Waals surface area contributed by atoms with Crippen LogP contribution in [0.15, 0.2) is 11.9 Å². The van der Waals surface area contributed by atoms with Gasteiger partial charge in [0.25, 0.3) is 5.91 Å². The summed E-state index contributed by atoms with van der Waals surface area (Å²) < 4.78 is 0. The molecule has 0 bridgehead atoms. The van der Waals surface area contributed by atoms with Crippen LogP contribution in [0, 0.1) is 11.8 Å². The zero-order valence-electron chi connectivity index (χ0n) is 11.1. The van der Waals surface area contributed by atoms with Crippen molar-refractivity contribution in [3.8, 4) is 0 Å². The highest BCUT2D eigenvalue weighted by atomic mass is 32.1. The fourth-order valence-electron chi connectivity index (χ4n) is 3.20. The molecule has 2 aliphatic rings. The smallest absolute Gasteiger partial charge is 0.265 e. The van der Waals surface area contributed by atoms with E-state index >= 15 is 0 Å². The number of amides is 1. The van der Waals surface area contributed by atoms with E-state index in [4.69, 9.17) is 5.73 Å². The predicted molar refractivity (Wildman–Crippen MR) is 76.7 cm³/mol. The van der Waals surface area contributed by atoms with Gasteiger partial charge in [0, 0.05) is 18.8 Å². The summed E-state index contributed by atoms with van der Waals surface area (Å²) in [5, 5.41) is 0.808. The van der Waals surface area contributed by atoms with E-state index in [0.29, 0.717) is 5.70 Å². The van der Waals surface area contributed by atoms with Crippen LogP contribution >= 0.6 is 11.3 Å². The Kier molecular flexibility index (Phi) is 3.31. The summed E-state index contributed by atoms with van der Waals surface area (Å²) in [7, 11) is 0. The Morgan fingerprint density at radius 1 is 1.47 bits per heavy atom. The monoisotopic (exact) mass is 277 g/mol. The number of hydrogen-bond donors (Lipinski definition) is 1. The topological polar surface area (TPSA) is 59.2 Å². The van der Waals surface area contributed by atoms with Crippen LogP contribution in [0.25, 0.3) is 6.08 Å². The molecule has 1 saturated carbocycles. The van der Waals surface area contributed by atoms with Crippen LogP contribution in [-0.4, -0.2) is 28.9 Å². The van der Waals surface area contributed by atoms with Gasteiger partial charge in [0.2, 0.25) is 0 Å². The quantitative estimate of drug-likeness (QED) is 0.902. The maximum Gasteiger partial charge on any atom is 0.265 e. The van der Waals surface area contributed by atoms with Crippen molar-refractivity contribution in [3.05, 3.63) is 21.8 Å². The fourth-order valence-corrected chi connectivity index (χ4v) is 4.10. The molecule has 1 amide bonds. The number of allylic oxidation sites excluding steroid dienone is 1. The van der Waals surface area contributed by atoms with E-state index in [1.807, 2.05) is 11.8 Å². The first-order chi connectivity index (χ1) is 9.13. The van der Waals surface area contributed by atoms with E-state index in [2.05, 4.69) is 4.98 Å². The molecule has 0 spiro atoms. The molecule has 1 aromatic heterocycles. The fraction of sp³-hybridized carbons (Fsp3) is 0.571. The molecule has 4 nitrogen and oxygen atoms in total. The van der Waals surface area contributed by atoms with Crippen molar-refractivity contribution >= 4 is 23.3 Å².